The first-order chi connectivity index (χ1) is 9.58. The molecule has 7 heteroatoms. The number of nitrogen functional groups attached to an aromatic ring is 1. The summed E-state index contributed by atoms with van der Waals surface area (Å²) < 4.78 is 28.8. The summed E-state index contributed by atoms with van der Waals surface area (Å²) >= 11 is 0. The van der Waals surface area contributed by atoms with Gasteiger partial charge in [-0.2, -0.15) is 0 Å². The summed E-state index contributed by atoms with van der Waals surface area (Å²) in [6.45, 7) is 5.21. The molecule has 0 spiro atoms. The highest BCUT2D eigenvalue weighted by molar-refractivity contribution is 7.90. The second-order valence-electron chi connectivity index (χ2n) is 5.90. The van der Waals surface area contributed by atoms with E-state index in [9.17, 15) is 13.2 Å². The Morgan fingerprint density at radius 1 is 1.33 bits per heavy atom. The molecule has 0 unspecified atom stereocenters. The van der Waals surface area contributed by atoms with Crippen LogP contribution in [0.4, 0.5) is 5.69 Å². The normalized spacial score (nSPS) is 18.5. The standard InChI is InChI=1S/C14H20N2O4S/c1-14(2)9-16(4-5-20-14)13(17)10-6-11(15)8-12(7-10)21(3,18)19/h6-8H,4-5,9,15H2,1-3H3. The number of benzene rings is 1. The van der Waals surface area contributed by atoms with Crippen LogP contribution in [-0.4, -0.2) is 50.8 Å². The molecular formula is C14H20N2O4S. The van der Waals surface area contributed by atoms with Crippen LogP contribution < -0.4 is 5.73 Å². The molecule has 0 saturated carbocycles. The number of amides is 1. The molecule has 116 valence electrons. The molecule has 0 bridgehead atoms. The third kappa shape index (κ3) is 3.74. The Morgan fingerprint density at radius 3 is 2.57 bits per heavy atom. The number of nitrogens with two attached hydrogens (primary N) is 1. The Morgan fingerprint density at radius 2 is 2.00 bits per heavy atom. The van der Waals surface area contributed by atoms with Gasteiger partial charge in [-0.15, -0.1) is 0 Å². The van der Waals surface area contributed by atoms with E-state index in [1.807, 2.05) is 13.8 Å². The summed E-state index contributed by atoms with van der Waals surface area (Å²) in [5, 5.41) is 0. The molecule has 1 saturated heterocycles. The number of sulfone groups is 1. The summed E-state index contributed by atoms with van der Waals surface area (Å²) in [5.41, 5.74) is 5.85. The summed E-state index contributed by atoms with van der Waals surface area (Å²) in [6, 6.07) is 4.23. The predicted molar refractivity (Wildman–Crippen MR) is 79.9 cm³/mol. The maximum atomic E-state index is 12.5. The number of hydrogen-bond acceptors (Lipinski definition) is 5. The Labute approximate surface area is 124 Å². The average Bonchev–Trinajstić information content (AvgIpc) is 2.35. The van der Waals surface area contributed by atoms with Crippen LogP contribution in [0.25, 0.3) is 0 Å². The van der Waals surface area contributed by atoms with Gasteiger partial charge in [-0.05, 0) is 32.0 Å². The van der Waals surface area contributed by atoms with Crippen molar-refractivity contribution in [3.63, 3.8) is 0 Å². The van der Waals surface area contributed by atoms with E-state index >= 15 is 0 Å². The quantitative estimate of drug-likeness (QED) is 0.820. The average molecular weight is 312 g/mol. The van der Waals surface area contributed by atoms with Crippen molar-refractivity contribution in [3.05, 3.63) is 23.8 Å². The first-order valence-electron chi connectivity index (χ1n) is 6.62. The lowest BCUT2D eigenvalue weighted by Crippen LogP contribution is -2.50. The molecule has 6 nitrogen and oxygen atoms in total. The van der Waals surface area contributed by atoms with E-state index in [-0.39, 0.29) is 22.1 Å². The van der Waals surface area contributed by atoms with Gasteiger partial charge in [0.05, 0.1) is 17.1 Å². The van der Waals surface area contributed by atoms with Gasteiger partial charge in [-0.3, -0.25) is 4.79 Å². The van der Waals surface area contributed by atoms with E-state index in [4.69, 9.17) is 10.5 Å². The fourth-order valence-electron chi connectivity index (χ4n) is 2.33. The van der Waals surface area contributed by atoms with Crippen molar-refractivity contribution in [3.8, 4) is 0 Å². The summed E-state index contributed by atoms with van der Waals surface area (Å²) in [6.07, 6.45) is 1.09. The van der Waals surface area contributed by atoms with Crippen molar-refractivity contribution in [1.29, 1.82) is 0 Å². The van der Waals surface area contributed by atoms with E-state index in [1.165, 1.54) is 18.2 Å². The third-order valence-corrected chi connectivity index (χ3v) is 4.41. The van der Waals surface area contributed by atoms with Gasteiger partial charge < -0.3 is 15.4 Å². The molecule has 0 aromatic heterocycles. The number of carbonyl (C=O) groups excluding carboxylic acids is 1. The van der Waals surface area contributed by atoms with Crippen molar-refractivity contribution >= 4 is 21.4 Å². The summed E-state index contributed by atoms with van der Waals surface area (Å²) in [5.74, 6) is -0.233. The molecule has 2 N–H and O–H groups in total. The number of morpholine rings is 1. The lowest BCUT2D eigenvalue weighted by molar-refractivity contribution is -0.0764. The predicted octanol–water partition coefficient (Wildman–Crippen LogP) is 0.923. The maximum absolute atomic E-state index is 12.5. The van der Waals surface area contributed by atoms with Gasteiger partial charge in [0.2, 0.25) is 0 Å². The molecule has 0 aliphatic carbocycles. The van der Waals surface area contributed by atoms with Crippen molar-refractivity contribution in [1.82, 2.24) is 4.90 Å². The van der Waals surface area contributed by atoms with Crippen LogP contribution in [0.1, 0.15) is 24.2 Å². The zero-order valence-corrected chi connectivity index (χ0v) is 13.2. The molecule has 0 atom stereocenters. The summed E-state index contributed by atoms with van der Waals surface area (Å²) in [7, 11) is -3.41. The monoisotopic (exact) mass is 312 g/mol. The molecule has 1 aromatic rings. The van der Waals surface area contributed by atoms with Gasteiger partial charge in [0.25, 0.3) is 5.91 Å². The van der Waals surface area contributed by atoms with Gasteiger partial charge in [0, 0.05) is 30.6 Å². The highest BCUT2D eigenvalue weighted by Crippen LogP contribution is 2.22. The maximum Gasteiger partial charge on any atom is 0.254 e. The van der Waals surface area contributed by atoms with Crippen LogP contribution in [0.15, 0.2) is 23.1 Å². The highest BCUT2D eigenvalue weighted by atomic mass is 32.2. The number of rotatable bonds is 2. The fraction of sp³-hybridized carbons (Fsp3) is 0.500. The molecule has 2 rings (SSSR count). The number of ether oxygens (including phenoxy) is 1. The zero-order valence-electron chi connectivity index (χ0n) is 12.4. The molecule has 1 aliphatic rings. The van der Waals surface area contributed by atoms with Gasteiger partial charge in [0.1, 0.15) is 0 Å². The minimum absolute atomic E-state index is 0.0540. The van der Waals surface area contributed by atoms with Crippen LogP contribution in [0.5, 0.6) is 0 Å². The highest BCUT2D eigenvalue weighted by Gasteiger charge is 2.30. The first-order valence-corrected chi connectivity index (χ1v) is 8.51. The van der Waals surface area contributed by atoms with Crippen molar-refractivity contribution < 1.29 is 17.9 Å². The minimum atomic E-state index is -3.41. The van der Waals surface area contributed by atoms with Gasteiger partial charge >= 0.3 is 0 Å². The van der Waals surface area contributed by atoms with E-state index in [0.717, 1.165) is 6.26 Å². The van der Waals surface area contributed by atoms with Crippen molar-refractivity contribution in [2.45, 2.75) is 24.3 Å². The lowest BCUT2D eigenvalue weighted by atomic mass is 10.1. The largest absolute Gasteiger partial charge is 0.399 e. The van der Waals surface area contributed by atoms with Gasteiger partial charge in [-0.1, -0.05) is 0 Å². The van der Waals surface area contributed by atoms with Crippen molar-refractivity contribution in [2.75, 3.05) is 31.7 Å². The topological polar surface area (TPSA) is 89.7 Å². The Hall–Kier alpha value is -1.60. The molecule has 1 aromatic carbocycles. The fourth-order valence-corrected chi connectivity index (χ4v) is 3.02. The molecule has 1 fully saturated rings. The second-order valence-corrected chi connectivity index (χ2v) is 7.91. The van der Waals surface area contributed by atoms with Crippen LogP contribution in [0.3, 0.4) is 0 Å². The van der Waals surface area contributed by atoms with Gasteiger partial charge in [0.15, 0.2) is 9.84 Å². The van der Waals surface area contributed by atoms with E-state index in [0.29, 0.717) is 19.7 Å². The zero-order chi connectivity index (χ0) is 15.8. The molecule has 0 radical (unpaired) electrons. The molecular weight excluding hydrogens is 292 g/mol. The smallest absolute Gasteiger partial charge is 0.254 e. The SMILES string of the molecule is CC1(C)CN(C(=O)c2cc(N)cc(S(C)(=O)=O)c2)CCO1. The van der Waals surface area contributed by atoms with E-state index in [2.05, 4.69) is 0 Å². The number of nitrogens with zero attached hydrogens (tertiary/aromatic N) is 1. The molecule has 1 amide bonds. The van der Waals surface area contributed by atoms with Crippen LogP contribution in [0.2, 0.25) is 0 Å². The Bertz CT molecular complexity index is 668. The molecule has 21 heavy (non-hydrogen) atoms. The van der Waals surface area contributed by atoms with Crippen LogP contribution in [-0.2, 0) is 14.6 Å². The van der Waals surface area contributed by atoms with Crippen molar-refractivity contribution in [2.24, 2.45) is 0 Å². The third-order valence-electron chi connectivity index (χ3n) is 3.32. The number of carbonyl (C=O) groups is 1. The van der Waals surface area contributed by atoms with E-state index in [1.54, 1.807) is 4.90 Å². The van der Waals surface area contributed by atoms with E-state index < -0.39 is 15.4 Å². The molecule has 1 heterocycles. The second kappa shape index (κ2) is 5.31. The summed E-state index contributed by atoms with van der Waals surface area (Å²) in [4.78, 5) is 14.3. The first kappa shape index (κ1) is 15.8. The minimum Gasteiger partial charge on any atom is -0.399 e. The Balaban J connectivity index is 2.33. The van der Waals surface area contributed by atoms with Gasteiger partial charge in [-0.25, -0.2) is 8.42 Å². The lowest BCUT2D eigenvalue weighted by Gasteiger charge is -2.38. The molecule has 1 aliphatic heterocycles. The Kier molecular flexibility index (Phi) is 3.99. The number of hydrogen-bond donors (Lipinski definition) is 1. The van der Waals surface area contributed by atoms with Crippen LogP contribution in [0, 0.1) is 0 Å². The van der Waals surface area contributed by atoms with Crippen LogP contribution >= 0.6 is 0 Å². The number of anilines is 1.